The van der Waals surface area contributed by atoms with Crippen LogP contribution in [0, 0.1) is 6.92 Å². The summed E-state index contributed by atoms with van der Waals surface area (Å²) in [7, 11) is 0. The van der Waals surface area contributed by atoms with E-state index < -0.39 is 0 Å². The Morgan fingerprint density at radius 2 is 2.04 bits per heavy atom. The number of anilines is 1. The first kappa shape index (κ1) is 14.6. The number of aromatic nitrogens is 2. The highest BCUT2D eigenvalue weighted by atomic mass is 16.2. The second kappa shape index (κ2) is 5.92. The molecule has 0 saturated heterocycles. The third-order valence-electron chi connectivity index (χ3n) is 4.33. The standard InChI is InChI=1S/C19H18N4O/c1-13-4-6-16(7-5-13)21-19(24)23-10-8-17-15(12-23)11-14-3-2-9-20-18(14)22-17/h2-7,9,11H,8,10,12H2,1H3,(H,21,24). The van der Waals surface area contributed by atoms with E-state index in [2.05, 4.69) is 21.4 Å². The summed E-state index contributed by atoms with van der Waals surface area (Å²) in [5.74, 6) is 0. The predicted octanol–water partition coefficient (Wildman–Crippen LogP) is 3.53. The first-order valence-electron chi connectivity index (χ1n) is 8.05. The Kier molecular flexibility index (Phi) is 3.61. The van der Waals surface area contributed by atoms with Crippen molar-refractivity contribution in [2.75, 3.05) is 11.9 Å². The molecule has 5 heteroatoms. The Balaban J connectivity index is 1.53. The second-order valence-corrected chi connectivity index (χ2v) is 6.11. The average molecular weight is 318 g/mol. The lowest BCUT2D eigenvalue weighted by molar-refractivity contribution is 0.206. The van der Waals surface area contributed by atoms with Gasteiger partial charge in [0.2, 0.25) is 0 Å². The number of nitrogens with one attached hydrogen (secondary N) is 1. The van der Waals surface area contributed by atoms with Crippen molar-refractivity contribution in [2.24, 2.45) is 0 Å². The Morgan fingerprint density at radius 1 is 1.21 bits per heavy atom. The molecule has 1 aromatic carbocycles. The molecule has 120 valence electrons. The van der Waals surface area contributed by atoms with Crippen LogP contribution in [0.4, 0.5) is 10.5 Å². The quantitative estimate of drug-likeness (QED) is 0.747. The summed E-state index contributed by atoms with van der Waals surface area (Å²) in [6.45, 7) is 3.26. The molecule has 3 heterocycles. The number of carbonyl (C=O) groups is 1. The van der Waals surface area contributed by atoms with Crippen LogP contribution in [0.15, 0.2) is 48.7 Å². The zero-order valence-corrected chi connectivity index (χ0v) is 13.5. The third-order valence-corrected chi connectivity index (χ3v) is 4.33. The molecule has 1 aliphatic rings. The monoisotopic (exact) mass is 318 g/mol. The van der Waals surface area contributed by atoms with Gasteiger partial charge in [-0.3, -0.25) is 0 Å². The Labute approximate surface area is 140 Å². The summed E-state index contributed by atoms with van der Waals surface area (Å²) in [5, 5.41) is 3.97. The Bertz CT molecular complexity index is 905. The number of nitrogens with zero attached hydrogens (tertiary/aromatic N) is 3. The van der Waals surface area contributed by atoms with Gasteiger partial charge in [0.05, 0.1) is 0 Å². The van der Waals surface area contributed by atoms with Crippen molar-refractivity contribution in [3.05, 3.63) is 65.5 Å². The molecule has 5 nitrogen and oxygen atoms in total. The lowest BCUT2D eigenvalue weighted by Gasteiger charge is -2.28. The molecule has 0 atom stereocenters. The van der Waals surface area contributed by atoms with Crippen LogP contribution in [0.1, 0.15) is 16.8 Å². The Morgan fingerprint density at radius 3 is 2.88 bits per heavy atom. The van der Waals surface area contributed by atoms with Crippen molar-refractivity contribution in [1.82, 2.24) is 14.9 Å². The number of fused-ring (bicyclic) bond motifs is 2. The van der Waals surface area contributed by atoms with Gasteiger partial charge in [0.25, 0.3) is 0 Å². The van der Waals surface area contributed by atoms with E-state index in [9.17, 15) is 4.79 Å². The number of benzene rings is 1. The number of carbonyl (C=O) groups excluding carboxylic acids is 1. The van der Waals surface area contributed by atoms with Crippen molar-refractivity contribution in [2.45, 2.75) is 19.9 Å². The molecule has 0 radical (unpaired) electrons. The third kappa shape index (κ3) is 2.80. The van der Waals surface area contributed by atoms with Gasteiger partial charge >= 0.3 is 6.03 Å². The minimum absolute atomic E-state index is 0.0733. The first-order chi connectivity index (χ1) is 11.7. The van der Waals surface area contributed by atoms with Gasteiger partial charge in [-0.1, -0.05) is 17.7 Å². The van der Waals surface area contributed by atoms with Gasteiger partial charge in [0.15, 0.2) is 5.65 Å². The van der Waals surface area contributed by atoms with Crippen LogP contribution in [0.2, 0.25) is 0 Å². The van der Waals surface area contributed by atoms with Crippen LogP contribution in [-0.4, -0.2) is 27.4 Å². The lowest BCUT2D eigenvalue weighted by atomic mass is 10.0. The predicted molar refractivity (Wildman–Crippen MR) is 93.8 cm³/mol. The number of pyridine rings is 2. The fourth-order valence-corrected chi connectivity index (χ4v) is 2.98. The molecule has 3 aromatic rings. The van der Waals surface area contributed by atoms with Gasteiger partial charge in [-0.2, -0.15) is 0 Å². The molecule has 0 saturated carbocycles. The molecule has 2 amide bonds. The van der Waals surface area contributed by atoms with E-state index in [-0.39, 0.29) is 6.03 Å². The van der Waals surface area contributed by atoms with Crippen LogP contribution in [-0.2, 0) is 13.0 Å². The maximum absolute atomic E-state index is 12.5. The normalized spacial score (nSPS) is 13.6. The number of amides is 2. The van der Waals surface area contributed by atoms with Crippen LogP contribution < -0.4 is 5.32 Å². The number of aryl methyl sites for hydroxylation is 1. The van der Waals surface area contributed by atoms with Gasteiger partial charge in [-0.25, -0.2) is 14.8 Å². The molecular weight excluding hydrogens is 300 g/mol. The number of hydrogen-bond acceptors (Lipinski definition) is 3. The number of rotatable bonds is 1. The summed E-state index contributed by atoms with van der Waals surface area (Å²) in [5.41, 5.74) is 4.90. The molecule has 0 aliphatic carbocycles. The molecule has 0 bridgehead atoms. The van der Waals surface area contributed by atoms with Gasteiger partial charge in [-0.05, 0) is 42.8 Å². The molecular formula is C19H18N4O. The summed E-state index contributed by atoms with van der Waals surface area (Å²) in [4.78, 5) is 23.3. The zero-order valence-electron chi connectivity index (χ0n) is 13.5. The van der Waals surface area contributed by atoms with E-state index in [1.807, 2.05) is 48.2 Å². The van der Waals surface area contributed by atoms with E-state index >= 15 is 0 Å². The van der Waals surface area contributed by atoms with Crippen LogP contribution in [0.3, 0.4) is 0 Å². The van der Waals surface area contributed by atoms with Crippen molar-refractivity contribution in [3.63, 3.8) is 0 Å². The summed E-state index contributed by atoms with van der Waals surface area (Å²) in [6, 6.07) is 13.8. The first-order valence-corrected chi connectivity index (χ1v) is 8.05. The number of hydrogen-bond donors (Lipinski definition) is 1. The summed E-state index contributed by atoms with van der Waals surface area (Å²) in [6.07, 6.45) is 2.51. The van der Waals surface area contributed by atoms with Gasteiger partial charge in [0.1, 0.15) is 0 Å². The van der Waals surface area contributed by atoms with E-state index in [1.54, 1.807) is 6.20 Å². The summed E-state index contributed by atoms with van der Waals surface area (Å²) < 4.78 is 0. The topological polar surface area (TPSA) is 58.1 Å². The second-order valence-electron chi connectivity index (χ2n) is 6.11. The lowest BCUT2D eigenvalue weighted by Crippen LogP contribution is -2.39. The largest absolute Gasteiger partial charge is 0.322 e. The van der Waals surface area contributed by atoms with Gasteiger partial charge in [0, 0.05) is 42.5 Å². The van der Waals surface area contributed by atoms with Crippen LogP contribution >= 0.6 is 0 Å². The highest BCUT2D eigenvalue weighted by molar-refractivity contribution is 5.89. The summed E-state index contributed by atoms with van der Waals surface area (Å²) >= 11 is 0. The van der Waals surface area contributed by atoms with Crippen molar-refractivity contribution in [1.29, 1.82) is 0 Å². The molecule has 4 rings (SSSR count). The van der Waals surface area contributed by atoms with Gasteiger partial charge in [-0.15, -0.1) is 0 Å². The van der Waals surface area contributed by atoms with Crippen molar-refractivity contribution >= 4 is 22.8 Å². The van der Waals surface area contributed by atoms with E-state index in [0.29, 0.717) is 13.1 Å². The molecule has 1 N–H and O–H groups in total. The molecule has 0 fully saturated rings. The molecule has 2 aromatic heterocycles. The molecule has 1 aliphatic heterocycles. The van der Waals surface area contributed by atoms with Crippen LogP contribution in [0.25, 0.3) is 11.0 Å². The van der Waals surface area contributed by atoms with Crippen molar-refractivity contribution in [3.8, 4) is 0 Å². The molecule has 24 heavy (non-hydrogen) atoms. The van der Waals surface area contributed by atoms with E-state index in [1.165, 1.54) is 5.56 Å². The van der Waals surface area contributed by atoms with Gasteiger partial charge < -0.3 is 10.2 Å². The van der Waals surface area contributed by atoms with Crippen LogP contribution in [0.5, 0.6) is 0 Å². The minimum atomic E-state index is -0.0733. The smallest absolute Gasteiger partial charge is 0.320 e. The fourth-order valence-electron chi connectivity index (χ4n) is 2.98. The van der Waals surface area contributed by atoms with Crippen molar-refractivity contribution < 1.29 is 4.79 Å². The maximum atomic E-state index is 12.5. The fraction of sp³-hybridized carbons (Fsp3) is 0.211. The molecule has 0 spiro atoms. The van der Waals surface area contributed by atoms with E-state index in [4.69, 9.17) is 0 Å². The maximum Gasteiger partial charge on any atom is 0.322 e. The van der Waals surface area contributed by atoms with E-state index in [0.717, 1.165) is 34.4 Å². The highest BCUT2D eigenvalue weighted by Gasteiger charge is 2.22. The average Bonchev–Trinajstić information content (AvgIpc) is 2.61. The zero-order chi connectivity index (χ0) is 16.5. The SMILES string of the molecule is Cc1ccc(NC(=O)N2CCc3nc4ncccc4cc3C2)cc1. The molecule has 0 unspecified atom stereocenters. The highest BCUT2D eigenvalue weighted by Crippen LogP contribution is 2.22. The Hall–Kier alpha value is -2.95. The number of urea groups is 1. The minimum Gasteiger partial charge on any atom is -0.320 e.